The molecule has 0 aliphatic rings. The lowest BCUT2D eigenvalue weighted by atomic mass is 10.1. The van der Waals surface area contributed by atoms with Crippen LogP contribution in [0.5, 0.6) is 0 Å². The minimum atomic E-state index is -1.07. The molecule has 0 saturated heterocycles. The van der Waals surface area contributed by atoms with E-state index in [1.807, 2.05) is 0 Å². The van der Waals surface area contributed by atoms with E-state index in [1.165, 1.54) is 6.07 Å². The van der Waals surface area contributed by atoms with Crippen LogP contribution < -0.4 is 22.5 Å². The molecule has 0 aliphatic heterocycles. The molecular formula is C24H23F2N5O4. The minimum Gasteiger partial charge on any atom is -0.476 e. The molecule has 0 atom stereocenters. The second kappa shape index (κ2) is 13.1. The number of aromatic carboxylic acids is 1. The highest BCUT2D eigenvalue weighted by Crippen LogP contribution is 2.15. The molecule has 0 unspecified atom stereocenters. The number of hydrogen-bond acceptors (Lipinski definition) is 7. The number of carboxylic acids is 1. The molecule has 1 aromatic heterocycles. The Morgan fingerprint density at radius 1 is 0.914 bits per heavy atom. The number of nitrogens with one attached hydrogen (secondary N) is 1. The fourth-order valence-corrected chi connectivity index (χ4v) is 2.45. The van der Waals surface area contributed by atoms with E-state index in [4.69, 9.17) is 22.3 Å². The zero-order chi connectivity index (χ0) is 25.8. The van der Waals surface area contributed by atoms with Gasteiger partial charge in [-0.15, -0.1) is 0 Å². The fourth-order valence-electron chi connectivity index (χ4n) is 2.45. The molecule has 0 bridgehead atoms. The molecule has 182 valence electrons. The van der Waals surface area contributed by atoms with Gasteiger partial charge in [-0.05, 0) is 54.1 Å². The quantitative estimate of drug-likeness (QED) is 0.272. The van der Waals surface area contributed by atoms with Crippen molar-refractivity contribution in [1.82, 2.24) is 4.98 Å². The Morgan fingerprint density at radius 2 is 1.46 bits per heavy atom. The molecule has 1 heterocycles. The Morgan fingerprint density at radius 3 is 1.86 bits per heavy atom. The largest absolute Gasteiger partial charge is 0.476 e. The SMILES string of the molecule is NCc1ccc(NC(=O)c2c(F)cccc2F)cc1.Nc1ccc(N)cc1.O=C(O)c1cocn1. The van der Waals surface area contributed by atoms with Gasteiger partial charge in [0.15, 0.2) is 12.1 Å². The van der Waals surface area contributed by atoms with E-state index in [9.17, 15) is 18.4 Å². The van der Waals surface area contributed by atoms with Crippen LogP contribution in [0.2, 0.25) is 0 Å². The number of rotatable bonds is 4. The molecule has 1 amide bonds. The Bertz CT molecular complexity index is 1190. The third-order valence-corrected chi connectivity index (χ3v) is 4.23. The molecule has 0 spiro atoms. The van der Waals surface area contributed by atoms with E-state index < -0.39 is 29.1 Å². The van der Waals surface area contributed by atoms with Crippen molar-refractivity contribution in [2.45, 2.75) is 6.54 Å². The molecule has 0 fully saturated rings. The summed E-state index contributed by atoms with van der Waals surface area (Å²) < 4.78 is 31.2. The summed E-state index contributed by atoms with van der Waals surface area (Å²) in [6.45, 7) is 0.385. The molecule has 3 aromatic carbocycles. The lowest BCUT2D eigenvalue weighted by Gasteiger charge is -2.07. The Balaban J connectivity index is 0.000000221. The Hall–Kier alpha value is -4.77. The standard InChI is InChI=1S/C14H12F2N2O.C6H8N2.C4H3NO3/c15-11-2-1-3-12(16)13(11)14(19)18-10-6-4-9(8-17)5-7-10;7-5-1-2-6(8)4-3-5;6-4(7)3-1-8-2-5-3/h1-7H,8,17H2,(H,18,19);1-4H,7-8H2;1-2H,(H,6,7). The van der Waals surface area contributed by atoms with Crippen molar-refractivity contribution >= 4 is 28.9 Å². The summed E-state index contributed by atoms with van der Waals surface area (Å²) in [6.07, 6.45) is 2.14. The maximum absolute atomic E-state index is 13.4. The molecule has 0 saturated carbocycles. The van der Waals surface area contributed by atoms with Crippen LogP contribution in [-0.2, 0) is 6.54 Å². The minimum absolute atomic E-state index is 0.0648. The first-order chi connectivity index (χ1) is 16.7. The number of halogens is 2. The van der Waals surface area contributed by atoms with Gasteiger partial charge >= 0.3 is 5.97 Å². The van der Waals surface area contributed by atoms with Gasteiger partial charge in [0.25, 0.3) is 5.91 Å². The van der Waals surface area contributed by atoms with Crippen LogP contribution in [-0.4, -0.2) is 22.0 Å². The lowest BCUT2D eigenvalue weighted by Crippen LogP contribution is -2.15. The zero-order valence-electron chi connectivity index (χ0n) is 18.3. The van der Waals surface area contributed by atoms with E-state index in [-0.39, 0.29) is 5.69 Å². The second-order valence-corrected chi connectivity index (χ2v) is 6.80. The Labute approximate surface area is 199 Å². The van der Waals surface area contributed by atoms with Crippen molar-refractivity contribution in [2.24, 2.45) is 5.73 Å². The van der Waals surface area contributed by atoms with Crippen molar-refractivity contribution in [3.8, 4) is 0 Å². The first-order valence-corrected chi connectivity index (χ1v) is 9.98. The molecule has 4 rings (SSSR count). The summed E-state index contributed by atoms with van der Waals surface area (Å²) >= 11 is 0. The summed E-state index contributed by atoms with van der Waals surface area (Å²) in [5.41, 5.74) is 18.4. The highest BCUT2D eigenvalue weighted by Gasteiger charge is 2.16. The number of nitrogen functional groups attached to an aromatic ring is 2. The van der Waals surface area contributed by atoms with Crippen molar-refractivity contribution < 1.29 is 27.9 Å². The summed E-state index contributed by atoms with van der Waals surface area (Å²) in [4.78, 5) is 25.1. The van der Waals surface area contributed by atoms with Crippen LogP contribution >= 0.6 is 0 Å². The summed E-state index contributed by atoms with van der Waals surface area (Å²) in [5, 5.41) is 10.6. The summed E-state index contributed by atoms with van der Waals surface area (Å²) in [7, 11) is 0. The van der Waals surface area contributed by atoms with E-state index >= 15 is 0 Å². The van der Waals surface area contributed by atoms with Gasteiger partial charge in [0, 0.05) is 23.6 Å². The molecule has 4 aromatic rings. The smallest absolute Gasteiger partial charge is 0.357 e. The second-order valence-electron chi connectivity index (χ2n) is 6.80. The van der Waals surface area contributed by atoms with Crippen molar-refractivity contribution in [1.29, 1.82) is 0 Å². The number of carbonyl (C=O) groups is 2. The number of carboxylic acid groups (broad SMARTS) is 1. The number of amides is 1. The number of nitrogens with zero attached hydrogens (tertiary/aromatic N) is 1. The molecule has 9 nitrogen and oxygen atoms in total. The summed E-state index contributed by atoms with van der Waals surface area (Å²) in [6, 6.07) is 17.1. The van der Waals surface area contributed by atoms with Crippen LogP contribution in [0, 0.1) is 11.6 Å². The number of carbonyl (C=O) groups excluding carboxylic acids is 1. The zero-order valence-corrected chi connectivity index (χ0v) is 18.3. The van der Waals surface area contributed by atoms with E-state index in [1.54, 1.807) is 48.5 Å². The third-order valence-electron chi connectivity index (χ3n) is 4.23. The lowest BCUT2D eigenvalue weighted by molar-refractivity contribution is 0.0690. The van der Waals surface area contributed by atoms with Gasteiger partial charge in [-0.3, -0.25) is 4.79 Å². The molecule has 0 aliphatic carbocycles. The van der Waals surface area contributed by atoms with Crippen LogP contribution in [0.25, 0.3) is 0 Å². The van der Waals surface area contributed by atoms with Crippen LogP contribution in [0.15, 0.2) is 83.8 Å². The maximum Gasteiger partial charge on any atom is 0.357 e. The number of benzene rings is 3. The van der Waals surface area contributed by atoms with Gasteiger partial charge in [-0.2, -0.15) is 0 Å². The van der Waals surface area contributed by atoms with Crippen LogP contribution in [0.3, 0.4) is 0 Å². The molecule has 8 N–H and O–H groups in total. The predicted molar refractivity (Wildman–Crippen MR) is 127 cm³/mol. The van der Waals surface area contributed by atoms with E-state index in [2.05, 4.69) is 14.7 Å². The number of oxazole rings is 1. The monoisotopic (exact) mass is 483 g/mol. The molecule has 11 heteroatoms. The van der Waals surface area contributed by atoms with Crippen molar-refractivity contribution in [3.05, 3.63) is 108 Å². The molecule has 35 heavy (non-hydrogen) atoms. The number of anilines is 3. The summed E-state index contributed by atoms with van der Waals surface area (Å²) in [5.74, 6) is -3.68. The average molecular weight is 483 g/mol. The maximum atomic E-state index is 13.4. The molecule has 0 radical (unpaired) electrons. The van der Waals surface area contributed by atoms with Crippen molar-refractivity contribution in [3.63, 3.8) is 0 Å². The van der Waals surface area contributed by atoms with Crippen LogP contribution in [0.1, 0.15) is 26.4 Å². The van der Waals surface area contributed by atoms with Gasteiger partial charge < -0.3 is 32.0 Å². The normalized spacial score (nSPS) is 9.69. The third kappa shape index (κ3) is 8.59. The number of aromatic nitrogens is 1. The highest BCUT2D eigenvalue weighted by atomic mass is 19.1. The highest BCUT2D eigenvalue weighted by molar-refractivity contribution is 6.04. The van der Waals surface area contributed by atoms with Gasteiger partial charge in [0.1, 0.15) is 23.5 Å². The predicted octanol–water partition coefficient (Wildman–Crippen LogP) is 3.90. The van der Waals surface area contributed by atoms with E-state index in [0.717, 1.165) is 41.7 Å². The topological polar surface area (TPSA) is 170 Å². The fraction of sp³-hybridized carbons (Fsp3) is 0.0417. The van der Waals surface area contributed by atoms with Crippen molar-refractivity contribution in [2.75, 3.05) is 16.8 Å². The van der Waals surface area contributed by atoms with Gasteiger partial charge in [0.2, 0.25) is 0 Å². The van der Waals surface area contributed by atoms with E-state index in [0.29, 0.717) is 12.2 Å². The first kappa shape index (κ1) is 26.5. The molecular weight excluding hydrogens is 460 g/mol. The number of hydrogen-bond donors (Lipinski definition) is 5. The first-order valence-electron chi connectivity index (χ1n) is 9.98. The van der Waals surface area contributed by atoms with Gasteiger partial charge in [-0.1, -0.05) is 18.2 Å². The number of nitrogens with two attached hydrogens (primary N) is 3. The van der Waals surface area contributed by atoms with Gasteiger partial charge in [0.05, 0.1) is 0 Å². The average Bonchev–Trinajstić information content (AvgIpc) is 3.38. The van der Waals surface area contributed by atoms with Gasteiger partial charge in [-0.25, -0.2) is 18.6 Å². The van der Waals surface area contributed by atoms with Crippen LogP contribution in [0.4, 0.5) is 25.8 Å². The Kier molecular flexibility index (Phi) is 9.88.